The summed E-state index contributed by atoms with van der Waals surface area (Å²) in [6.07, 6.45) is 3.72. The van der Waals surface area contributed by atoms with Crippen molar-refractivity contribution in [1.82, 2.24) is 10.2 Å². The Bertz CT molecular complexity index is 341. The predicted octanol–water partition coefficient (Wildman–Crippen LogP) is 2.91. The lowest BCUT2D eigenvalue weighted by molar-refractivity contribution is 0.317. The van der Waals surface area contributed by atoms with E-state index in [1.54, 1.807) is 7.11 Å². The normalized spacial score (nSPS) is 10.9. The van der Waals surface area contributed by atoms with Gasteiger partial charge in [0.2, 0.25) is 0 Å². The first-order valence-corrected chi connectivity index (χ1v) is 7.28. The first-order chi connectivity index (χ1) is 9.26. The number of hydrogen-bond acceptors (Lipinski definition) is 3. The lowest BCUT2D eigenvalue weighted by Crippen LogP contribution is -2.21. The van der Waals surface area contributed by atoms with Crippen molar-refractivity contribution in [2.24, 2.45) is 0 Å². The number of hydrogen-bond donors (Lipinski definition) is 1. The Balaban J connectivity index is 2.17. The van der Waals surface area contributed by atoms with Crippen molar-refractivity contribution in [1.29, 1.82) is 0 Å². The molecule has 0 aliphatic heterocycles. The van der Waals surface area contributed by atoms with E-state index in [4.69, 9.17) is 4.74 Å². The van der Waals surface area contributed by atoms with Crippen LogP contribution in [0.4, 0.5) is 0 Å². The molecule has 1 aromatic rings. The quantitative estimate of drug-likeness (QED) is 0.658. The average Bonchev–Trinajstić information content (AvgIpc) is 2.43. The van der Waals surface area contributed by atoms with E-state index >= 15 is 0 Å². The number of ether oxygens (including phenoxy) is 1. The van der Waals surface area contributed by atoms with E-state index in [1.165, 1.54) is 24.8 Å². The van der Waals surface area contributed by atoms with Crippen LogP contribution in [0.15, 0.2) is 24.3 Å². The molecule has 0 saturated carbocycles. The zero-order valence-corrected chi connectivity index (χ0v) is 12.6. The molecule has 3 nitrogen and oxygen atoms in total. The van der Waals surface area contributed by atoms with Gasteiger partial charge in [-0.2, -0.15) is 0 Å². The van der Waals surface area contributed by atoms with Gasteiger partial charge in [-0.25, -0.2) is 0 Å². The van der Waals surface area contributed by atoms with Gasteiger partial charge in [0.05, 0.1) is 7.11 Å². The Morgan fingerprint density at radius 3 is 2.79 bits per heavy atom. The van der Waals surface area contributed by atoms with Crippen LogP contribution >= 0.6 is 0 Å². The Hall–Kier alpha value is -1.06. The number of nitrogens with one attached hydrogen (secondary N) is 1. The molecule has 0 fully saturated rings. The van der Waals surface area contributed by atoms with Crippen LogP contribution in [-0.4, -0.2) is 38.7 Å². The van der Waals surface area contributed by atoms with E-state index in [0.717, 1.165) is 31.9 Å². The molecule has 0 amide bonds. The fraction of sp³-hybridized carbons (Fsp3) is 0.625. The Kier molecular flexibility index (Phi) is 8.26. The minimum absolute atomic E-state index is 0.940. The van der Waals surface area contributed by atoms with Crippen molar-refractivity contribution in [2.75, 3.05) is 33.8 Å². The second kappa shape index (κ2) is 9.82. The highest BCUT2D eigenvalue weighted by Crippen LogP contribution is 2.13. The Morgan fingerprint density at radius 1 is 1.21 bits per heavy atom. The summed E-state index contributed by atoms with van der Waals surface area (Å²) in [6, 6.07) is 8.31. The summed E-state index contributed by atoms with van der Waals surface area (Å²) in [7, 11) is 3.89. The SMILES string of the molecule is CCCNCCCCN(C)Cc1cccc(OC)c1. The van der Waals surface area contributed by atoms with Crippen LogP contribution in [0.2, 0.25) is 0 Å². The van der Waals surface area contributed by atoms with Gasteiger partial charge >= 0.3 is 0 Å². The maximum Gasteiger partial charge on any atom is 0.119 e. The first kappa shape index (κ1) is 16.0. The molecule has 0 atom stereocenters. The van der Waals surface area contributed by atoms with Crippen LogP contribution in [0.3, 0.4) is 0 Å². The largest absolute Gasteiger partial charge is 0.497 e. The maximum absolute atomic E-state index is 5.25. The van der Waals surface area contributed by atoms with Crippen LogP contribution in [-0.2, 0) is 6.54 Å². The van der Waals surface area contributed by atoms with E-state index in [2.05, 4.69) is 42.4 Å². The lowest BCUT2D eigenvalue weighted by atomic mass is 10.2. The molecule has 0 spiro atoms. The zero-order chi connectivity index (χ0) is 13.9. The van der Waals surface area contributed by atoms with Gasteiger partial charge in [-0.3, -0.25) is 0 Å². The van der Waals surface area contributed by atoms with Gasteiger partial charge in [0.25, 0.3) is 0 Å². The van der Waals surface area contributed by atoms with Crippen LogP contribution in [0.5, 0.6) is 5.75 Å². The van der Waals surface area contributed by atoms with Crippen molar-refractivity contribution >= 4 is 0 Å². The van der Waals surface area contributed by atoms with Gasteiger partial charge < -0.3 is 15.0 Å². The topological polar surface area (TPSA) is 24.5 Å². The van der Waals surface area contributed by atoms with Crippen LogP contribution in [0, 0.1) is 0 Å². The molecule has 0 aliphatic rings. The Morgan fingerprint density at radius 2 is 2.05 bits per heavy atom. The van der Waals surface area contributed by atoms with Gasteiger partial charge in [0.15, 0.2) is 0 Å². The summed E-state index contributed by atoms with van der Waals surface area (Å²) in [5.74, 6) is 0.940. The number of rotatable bonds is 10. The molecule has 0 bridgehead atoms. The highest BCUT2D eigenvalue weighted by Gasteiger charge is 2.01. The lowest BCUT2D eigenvalue weighted by Gasteiger charge is -2.17. The predicted molar refractivity (Wildman–Crippen MR) is 81.7 cm³/mol. The summed E-state index contributed by atoms with van der Waals surface area (Å²) >= 11 is 0. The highest BCUT2D eigenvalue weighted by molar-refractivity contribution is 5.28. The van der Waals surface area contributed by atoms with E-state index in [9.17, 15) is 0 Å². The molecule has 0 radical (unpaired) electrons. The van der Waals surface area contributed by atoms with Gasteiger partial charge in [-0.1, -0.05) is 19.1 Å². The molecule has 1 aromatic carbocycles. The summed E-state index contributed by atoms with van der Waals surface area (Å²) in [5.41, 5.74) is 1.31. The van der Waals surface area contributed by atoms with Crippen molar-refractivity contribution in [3.05, 3.63) is 29.8 Å². The number of benzene rings is 1. The molecule has 19 heavy (non-hydrogen) atoms. The zero-order valence-electron chi connectivity index (χ0n) is 12.6. The van der Waals surface area contributed by atoms with Gasteiger partial charge in [-0.15, -0.1) is 0 Å². The molecule has 0 saturated heterocycles. The monoisotopic (exact) mass is 264 g/mol. The molecule has 0 heterocycles. The van der Waals surface area contributed by atoms with Crippen molar-refractivity contribution in [2.45, 2.75) is 32.7 Å². The molecule has 0 unspecified atom stereocenters. The van der Waals surface area contributed by atoms with Gasteiger partial charge in [0.1, 0.15) is 5.75 Å². The molecule has 0 aliphatic carbocycles. The summed E-state index contributed by atoms with van der Waals surface area (Å²) in [6.45, 7) is 6.61. The third-order valence-corrected chi connectivity index (χ3v) is 3.16. The second-order valence-corrected chi connectivity index (χ2v) is 5.05. The van der Waals surface area contributed by atoms with Crippen molar-refractivity contribution < 1.29 is 4.74 Å². The molecule has 3 heteroatoms. The van der Waals surface area contributed by atoms with E-state index in [1.807, 2.05) is 6.07 Å². The third-order valence-electron chi connectivity index (χ3n) is 3.16. The van der Waals surface area contributed by atoms with Crippen molar-refractivity contribution in [3.63, 3.8) is 0 Å². The molecule has 108 valence electrons. The van der Waals surface area contributed by atoms with Crippen LogP contribution in [0.1, 0.15) is 31.7 Å². The number of methoxy groups -OCH3 is 1. The summed E-state index contributed by atoms with van der Waals surface area (Å²) in [5, 5.41) is 3.44. The fourth-order valence-corrected chi connectivity index (χ4v) is 2.10. The van der Waals surface area contributed by atoms with Gasteiger partial charge in [0, 0.05) is 6.54 Å². The molecular weight excluding hydrogens is 236 g/mol. The van der Waals surface area contributed by atoms with Crippen LogP contribution in [0.25, 0.3) is 0 Å². The maximum atomic E-state index is 5.25. The summed E-state index contributed by atoms with van der Waals surface area (Å²) < 4.78 is 5.25. The number of unbranched alkanes of at least 4 members (excludes halogenated alkanes) is 1. The van der Waals surface area contributed by atoms with E-state index < -0.39 is 0 Å². The first-order valence-electron chi connectivity index (χ1n) is 7.28. The number of nitrogens with zero attached hydrogens (tertiary/aromatic N) is 1. The van der Waals surface area contributed by atoms with E-state index in [-0.39, 0.29) is 0 Å². The van der Waals surface area contributed by atoms with Gasteiger partial charge in [-0.05, 0) is 63.6 Å². The van der Waals surface area contributed by atoms with Crippen molar-refractivity contribution in [3.8, 4) is 5.75 Å². The fourth-order valence-electron chi connectivity index (χ4n) is 2.10. The van der Waals surface area contributed by atoms with E-state index in [0.29, 0.717) is 0 Å². The molecule has 1 N–H and O–H groups in total. The smallest absolute Gasteiger partial charge is 0.119 e. The molecular formula is C16H28N2O. The molecule has 1 rings (SSSR count). The second-order valence-electron chi connectivity index (χ2n) is 5.05. The van der Waals surface area contributed by atoms with Crippen LogP contribution < -0.4 is 10.1 Å². The minimum atomic E-state index is 0.940. The average molecular weight is 264 g/mol. The Labute approximate surface area is 118 Å². The highest BCUT2D eigenvalue weighted by atomic mass is 16.5. The summed E-state index contributed by atoms with van der Waals surface area (Å²) in [4.78, 5) is 2.37. The third kappa shape index (κ3) is 7.19. The standard InChI is InChI=1S/C16H28N2O/c1-4-10-17-11-5-6-12-18(2)14-15-8-7-9-16(13-15)19-3/h7-9,13,17H,4-6,10-12,14H2,1-3H3. The minimum Gasteiger partial charge on any atom is -0.497 e. The molecule has 0 aromatic heterocycles.